The highest BCUT2D eigenvalue weighted by atomic mass is 16.1. The van der Waals surface area contributed by atoms with Gasteiger partial charge in [0.15, 0.2) is 5.78 Å². The van der Waals surface area contributed by atoms with E-state index < -0.39 is 0 Å². The van der Waals surface area contributed by atoms with Gasteiger partial charge in [-0.2, -0.15) is 0 Å². The SMILES string of the molecule is CN1C2CCCC1CC(C(=O)c1ccn3ccnc3c1)C2. The molecule has 0 aliphatic carbocycles. The van der Waals surface area contributed by atoms with Crippen LogP contribution in [-0.4, -0.2) is 39.2 Å². The predicted molar refractivity (Wildman–Crippen MR) is 81.4 cm³/mol. The average molecular weight is 283 g/mol. The van der Waals surface area contributed by atoms with Gasteiger partial charge in [0.1, 0.15) is 5.65 Å². The first-order valence-electron chi connectivity index (χ1n) is 7.91. The molecule has 2 saturated heterocycles. The van der Waals surface area contributed by atoms with Gasteiger partial charge >= 0.3 is 0 Å². The number of pyridine rings is 1. The number of fused-ring (bicyclic) bond motifs is 3. The third-order valence-electron chi connectivity index (χ3n) is 5.39. The van der Waals surface area contributed by atoms with E-state index in [4.69, 9.17) is 0 Å². The number of aromatic nitrogens is 2. The molecule has 0 spiro atoms. The fourth-order valence-electron chi connectivity index (χ4n) is 4.13. The Morgan fingerprint density at radius 3 is 2.76 bits per heavy atom. The zero-order chi connectivity index (χ0) is 14.4. The van der Waals surface area contributed by atoms with Gasteiger partial charge in [0.05, 0.1) is 0 Å². The van der Waals surface area contributed by atoms with E-state index in [1.54, 1.807) is 6.20 Å². The van der Waals surface area contributed by atoms with E-state index in [1.165, 1.54) is 19.3 Å². The topological polar surface area (TPSA) is 37.6 Å². The van der Waals surface area contributed by atoms with Crippen molar-refractivity contribution in [3.63, 3.8) is 0 Å². The van der Waals surface area contributed by atoms with Gasteiger partial charge in [0.25, 0.3) is 0 Å². The van der Waals surface area contributed by atoms with E-state index in [-0.39, 0.29) is 5.92 Å². The predicted octanol–water partition coefficient (Wildman–Crippen LogP) is 2.78. The summed E-state index contributed by atoms with van der Waals surface area (Å²) in [4.78, 5) is 19.6. The normalized spacial score (nSPS) is 29.7. The van der Waals surface area contributed by atoms with Crippen LogP contribution in [0.4, 0.5) is 0 Å². The Labute approximate surface area is 124 Å². The van der Waals surface area contributed by atoms with E-state index >= 15 is 0 Å². The first-order chi connectivity index (χ1) is 10.2. The third kappa shape index (κ3) is 2.18. The number of carbonyl (C=O) groups is 1. The number of hydrogen-bond donors (Lipinski definition) is 0. The molecule has 4 heterocycles. The van der Waals surface area contributed by atoms with Gasteiger partial charge in [-0.3, -0.25) is 4.79 Å². The molecular formula is C17H21N3O. The minimum Gasteiger partial charge on any atom is -0.307 e. The van der Waals surface area contributed by atoms with Crippen LogP contribution >= 0.6 is 0 Å². The lowest BCUT2D eigenvalue weighted by Gasteiger charge is -2.46. The average Bonchev–Trinajstić information content (AvgIpc) is 2.93. The Morgan fingerprint density at radius 2 is 2.00 bits per heavy atom. The highest BCUT2D eigenvalue weighted by molar-refractivity contribution is 5.98. The Morgan fingerprint density at radius 1 is 1.24 bits per heavy atom. The molecule has 2 unspecified atom stereocenters. The molecule has 110 valence electrons. The van der Waals surface area contributed by atoms with Crippen molar-refractivity contribution in [2.24, 2.45) is 5.92 Å². The number of nitrogens with zero attached hydrogens (tertiary/aromatic N) is 3. The van der Waals surface area contributed by atoms with E-state index in [2.05, 4.69) is 16.9 Å². The van der Waals surface area contributed by atoms with Crippen molar-refractivity contribution in [1.82, 2.24) is 14.3 Å². The van der Waals surface area contributed by atoms with Crippen LogP contribution < -0.4 is 0 Å². The minimum atomic E-state index is 0.189. The molecule has 2 fully saturated rings. The van der Waals surface area contributed by atoms with E-state index in [9.17, 15) is 4.79 Å². The van der Waals surface area contributed by atoms with Crippen molar-refractivity contribution >= 4 is 11.4 Å². The number of piperidine rings is 2. The van der Waals surface area contributed by atoms with Crippen molar-refractivity contribution in [2.45, 2.75) is 44.2 Å². The van der Waals surface area contributed by atoms with Gasteiger partial charge in [-0.05, 0) is 44.9 Å². The summed E-state index contributed by atoms with van der Waals surface area (Å²) in [7, 11) is 2.23. The Hall–Kier alpha value is -1.68. The molecule has 2 bridgehead atoms. The zero-order valence-corrected chi connectivity index (χ0v) is 12.4. The van der Waals surface area contributed by atoms with Crippen molar-refractivity contribution < 1.29 is 4.79 Å². The Bertz CT molecular complexity index is 663. The molecule has 0 N–H and O–H groups in total. The number of hydrogen-bond acceptors (Lipinski definition) is 3. The summed E-state index contributed by atoms with van der Waals surface area (Å²) in [5.74, 6) is 0.499. The van der Waals surface area contributed by atoms with Crippen LogP contribution in [0.3, 0.4) is 0 Å². The molecule has 0 amide bonds. The molecule has 4 nitrogen and oxygen atoms in total. The first kappa shape index (κ1) is 13.0. The second-order valence-corrected chi connectivity index (χ2v) is 6.54. The third-order valence-corrected chi connectivity index (χ3v) is 5.39. The molecule has 2 aromatic heterocycles. The van der Waals surface area contributed by atoms with Gasteiger partial charge in [0.2, 0.25) is 0 Å². The number of rotatable bonds is 2. The molecule has 2 aliphatic rings. The number of Topliss-reactive ketones (excluding diaryl/α,β-unsaturated/α-hetero) is 1. The fourth-order valence-corrected chi connectivity index (χ4v) is 4.13. The molecule has 4 rings (SSSR count). The maximum atomic E-state index is 12.8. The Balaban J connectivity index is 1.59. The van der Waals surface area contributed by atoms with Gasteiger partial charge in [-0.1, -0.05) is 6.42 Å². The van der Waals surface area contributed by atoms with Crippen LogP contribution in [-0.2, 0) is 0 Å². The van der Waals surface area contributed by atoms with E-state index in [0.29, 0.717) is 17.9 Å². The van der Waals surface area contributed by atoms with Gasteiger partial charge in [-0.25, -0.2) is 4.98 Å². The standard InChI is InChI=1S/C17H21N3O/c1-19-14-3-2-4-15(19)10-13(9-14)17(21)12-5-7-20-8-6-18-16(20)11-12/h5-8,11,13-15H,2-4,9-10H2,1H3. The van der Waals surface area contributed by atoms with Gasteiger partial charge < -0.3 is 9.30 Å². The van der Waals surface area contributed by atoms with Crippen molar-refractivity contribution in [2.75, 3.05) is 7.05 Å². The number of imidazole rings is 1. The summed E-state index contributed by atoms with van der Waals surface area (Å²) in [5, 5.41) is 0. The summed E-state index contributed by atoms with van der Waals surface area (Å²) in [6.07, 6.45) is 11.5. The largest absolute Gasteiger partial charge is 0.307 e. The van der Waals surface area contributed by atoms with Crippen molar-refractivity contribution in [1.29, 1.82) is 0 Å². The van der Waals surface area contributed by atoms with Crippen LogP contribution in [0.15, 0.2) is 30.7 Å². The summed E-state index contributed by atoms with van der Waals surface area (Å²) >= 11 is 0. The second-order valence-electron chi connectivity index (χ2n) is 6.54. The minimum absolute atomic E-state index is 0.189. The highest BCUT2D eigenvalue weighted by Gasteiger charge is 2.38. The van der Waals surface area contributed by atoms with Gasteiger partial charge in [-0.15, -0.1) is 0 Å². The molecule has 0 saturated carbocycles. The van der Waals surface area contributed by atoms with E-state index in [0.717, 1.165) is 24.1 Å². The monoisotopic (exact) mass is 283 g/mol. The summed E-state index contributed by atoms with van der Waals surface area (Å²) < 4.78 is 1.94. The molecule has 21 heavy (non-hydrogen) atoms. The highest BCUT2D eigenvalue weighted by Crippen LogP contribution is 2.37. The van der Waals surface area contributed by atoms with Crippen LogP contribution in [0.2, 0.25) is 0 Å². The lowest BCUT2D eigenvalue weighted by atomic mass is 9.76. The van der Waals surface area contributed by atoms with Crippen molar-refractivity contribution in [3.8, 4) is 0 Å². The Kier molecular flexibility index (Phi) is 3.07. The quantitative estimate of drug-likeness (QED) is 0.795. The fraction of sp³-hybridized carbons (Fsp3) is 0.529. The lowest BCUT2D eigenvalue weighted by molar-refractivity contribution is 0.0338. The molecule has 0 radical (unpaired) electrons. The van der Waals surface area contributed by atoms with Crippen LogP contribution in [0.25, 0.3) is 5.65 Å². The lowest BCUT2D eigenvalue weighted by Crippen LogP contribution is -2.51. The molecule has 2 aliphatic heterocycles. The van der Waals surface area contributed by atoms with Crippen molar-refractivity contribution in [3.05, 3.63) is 36.3 Å². The van der Waals surface area contributed by atoms with E-state index in [1.807, 2.05) is 28.9 Å². The summed E-state index contributed by atoms with van der Waals surface area (Å²) in [6, 6.07) is 5.06. The molecule has 2 aromatic rings. The zero-order valence-electron chi connectivity index (χ0n) is 12.4. The second kappa shape index (κ2) is 4.95. The molecular weight excluding hydrogens is 262 g/mol. The first-order valence-corrected chi connectivity index (χ1v) is 7.91. The maximum Gasteiger partial charge on any atom is 0.166 e. The smallest absolute Gasteiger partial charge is 0.166 e. The van der Waals surface area contributed by atoms with Crippen LogP contribution in [0.1, 0.15) is 42.5 Å². The maximum absolute atomic E-state index is 12.8. The number of carbonyl (C=O) groups excluding carboxylic acids is 1. The van der Waals surface area contributed by atoms with Gasteiger partial charge in [0, 0.05) is 42.2 Å². The summed E-state index contributed by atoms with van der Waals surface area (Å²) in [5.41, 5.74) is 1.68. The summed E-state index contributed by atoms with van der Waals surface area (Å²) in [6.45, 7) is 0. The molecule has 0 aromatic carbocycles. The molecule has 2 atom stereocenters. The molecule has 4 heteroatoms. The van der Waals surface area contributed by atoms with Crippen LogP contribution in [0, 0.1) is 5.92 Å². The van der Waals surface area contributed by atoms with Crippen LogP contribution in [0.5, 0.6) is 0 Å². The number of ketones is 1.